The summed E-state index contributed by atoms with van der Waals surface area (Å²) in [4.78, 5) is 0. The minimum Gasteiger partial charge on any atom is -0.491 e. The van der Waals surface area contributed by atoms with E-state index in [0.29, 0.717) is 24.2 Å². The number of hydrogen-bond donors (Lipinski definition) is 1. The number of benzene rings is 1. The van der Waals surface area contributed by atoms with Crippen molar-refractivity contribution in [3.63, 3.8) is 0 Å². The highest BCUT2D eigenvalue weighted by Crippen LogP contribution is 2.35. The first-order chi connectivity index (χ1) is 10.1. The molecule has 0 radical (unpaired) electrons. The summed E-state index contributed by atoms with van der Waals surface area (Å²) in [5.74, 6) is 1.52. The van der Waals surface area contributed by atoms with Gasteiger partial charge in [-0.3, -0.25) is 0 Å². The van der Waals surface area contributed by atoms with Crippen LogP contribution in [0.2, 0.25) is 5.02 Å². The first-order valence-electron chi connectivity index (χ1n) is 7.91. The molecule has 0 bridgehead atoms. The van der Waals surface area contributed by atoms with E-state index >= 15 is 0 Å². The second-order valence-electron chi connectivity index (χ2n) is 5.83. The molecule has 0 saturated heterocycles. The lowest BCUT2D eigenvalue weighted by atomic mass is 10.0. The molecule has 1 aliphatic rings. The molecule has 126 valence electrons. The number of halogens is 2. The second-order valence-corrected chi connectivity index (χ2v) is 6.24. The van der Waals surface area contributed by atoms with Crippen LogP contribution in [0.5, 0.6) is 5.75 Å². The van der Waals surface area contributed by atoms with Crippen molar-refractivity contribution >= 4 is 24.0 Å². The Labute approximate surface area is 144 Å². The Morgan fingerprint density at radius 2 is 2.05 bits per heavy atom. The van der Waals surface area contributed by atoms with Gasteiger partial charge in [0.1, 0.15) is 5.75 Å². The molecule has 1 aromatic carbocycles. The Morgan fingerprint density at radius 1 is 1.32 bits per heavy atom. The molecule has 2 N–H and O–H groups in total. The summed E-state index contributed by atoms with van der Waals surface area (Å²) in [6.45, 7) is 6.12. The molecule has 0 aliphatic heterocycles. The van der Waals surface area contributed by atoms with Crippen molar-refractivity contribution in [2.24, 2.45) is 11.7 Å². The summed E-state index contributed by atoms with van der Waals surface area (Å²) in [6, 6.07) is 4.20. The third kappa shape index (κ3) is 5.96. The van der Waals surface area contributed by atoms with E-state index in [1.807, 2.05) is 13.0 Å². The molecule has 0 heterocycles. The Balaban J connectivity index is 0.00000242. The van der Waals surface area contributed by atoms with Gasteiger partial charge in [0.25, 0.3) is 0 Å². The van der Waals surface area contributed by atoms with Gasteiger partial charge >= 0.3 is 0 Å². The van der Waals surface area contributed by atoms with Crippen LogP contribution in [0.4, 0.5) is 0 Å². The molecule has 0 spiro atoms. The molecule has 1 unspecified atom stereocenters. The van der Waals surface area contributed by atoms with E-state index in [9.17, 15) is 0 Å². The number of nitrogens with two attached hydrogens (primary N) is 1. The number of ether oxygens (including phenoxy) is 2. The van der Waals surface area contributed by atoms with Crippen LogP contribution in [0.25, 0.3) is 0 Å². The van der Waals surface area contributed by atoms with Gasteiger partial charge in [0.2, 0.25) is 0 Å². The summed E-state index contributed by atoms with van der Waals surface area (Å²) in [5.41, 5.74) is 8.30. The van der Waals surface area contributed by atoms with E-state index in [2.05, 4.69) is 13.0 Å². The van der Waals surface area contributed by atoms with Crippen molar-refractivity contribution in [1.82, 2.24) is 0 Å². The van der Waals surface area contributed by atoms with Crippen LogP contribution >= 0.6 is 24.0 Å². The fourth-order valence-corrected chi connectivity index (χ4v) is 2.56. The normalized spacial score (nSPS) is 15.3. The van der Waals surface area contributed by atoms with Crippen LogP contribution in [0.1, 0.15) is 44.2 Å². The van der Waals surface area contributed by atoms with Crippen molar-refractivity contribution in [2.75, 3.05) is 13.2 Å². The fraction of sp³-hybridized carbons (Fsp3) is 0.647. The number of hydrogen-bond acceptors (Lipinski definition) is 3. The summed E-state index contributed by atoms with van der Waals surface area (Å²) in [5, 5.41) is 0.672. The highest BCUT2D eigenvalue weighted by Gasteiger charge is 2.23. The van der Waals surface area contributed by atoms with E-state index in [4.69, 9.17) is 26.8 Å². The lowest BCUT2D eigenvalue weighted by Crippen LogP contribution is -2.22. The van der Waals surface area contributed by atoms with E-state index in [-0.39, 0.29) is 18.4 Å². The smallest absolute Gasteiger partial charge is 0.141 e. The highest BCUT2D eigenvalue weighted by molar-refractivity contribution is 6.32. The van der Waals surface area contributed by atoms with Gasteiger partial charge < -0.3 is 15.2 Å². The molecule has 5 heteroatoms. The molecule has 1 saturated carbocycles. The third-order valence-electron chi connectivity index (χ3n) is 3.82. The molecular weight excluding hydrogens is 321 g/mol. The fourth-order valence-electron chi connectivity index (χ4n) is 2.24. The average Bonchev–Trinajstić information content (AvgIpc) is 3.28. The Bertz CT molecular complexity index is 464. The lowest BCUT2D eigenvalue weighted by Gasteiger charge is -2.17. The molecule has 1 atom stereocenters. The maximum absolute atomic E-state index is 6.42. The minimum atomic E-state index is 0. The summed E-state index contributed by atoms with van der Waals surface area (Å²) in [6.07, 6.45) is 4.26. The molecule has 0 aromatic heterocycles. The average molecular weight is 348 g/mol. The predicted molar refractivity (Wildman–Crippen MR) is 94.2 cm³/mol. The van der Waals surface area contributed by atoms with Crippen molar-refractivity contribution < 1.29 is 9.47 Å². The topological polar surface area (TPSA) is 44.5 Å². The molecule has 3 nitrogen and oxygen atoms in total. The van der Waals surface area contributed by atoms with Gasteiger partial charge in [-0.1, -0.05) is 18.5 Å². The molecular formula is C17H27Cl2NO2. The van der Waals surface area contributed by atoms with Crippen molar-refractivity contribution in [3.05, 3.63) is 28.3 Å². The van der Waals surface area contributed by atoms with E-state index in [0.717, 1.165) is 36.3 Å². The first kappa shape index (κ1) is 19.6. The Kier molecular flexibility index (Phi) is 8.55. The van der Waals surface area contributed by atoms with Crippen LogP contribution < -0.4 is 10.5 Å². The summed E-state index contributed by atoms with van der Waals surface area (Å²) < 4.78 is 11.4. The first-order valence-corrected chi connectivity index (χ1v) is 8.29. The van der Waals surface area contributed by atoms with Gasteiger partial charge in [-0.15, -0.1) is 12.4 Å². The highest BCUT2D eigenvalue weighted by atomic mass is 35.5. The van der Waals surface area contributed by atoms with E-state index < -0.39 is 0 Å². The van der Waals surface area contributed by atoms with Gasteiger partial charge in [0, 0.05) is 12.6 Å². The molecule has 0 amide bonds. The van der Waals surface area contributed by atoms with Crippen LogP contribution in [-0.4, -0.2) is 19.3 Å². The van der Waals surface area contributed by atoms with Gasteiger partial charge in [0.05, 0.1) is 18.2 Å². The number of rotatable bonds is 9. The quantitative estimate of drug-likeness (QED) is 0.721. The van der Waals surface area contributed by atoms with E-state index in [1.165, 1.54) is 12.8 Å². The van der Waals surface area contributed by atoms with Crippen LogP contribution in [0.15, 0.2) is 12.1 Å². The largest absolute Gasteiger partial charge is 0.491 e. The monoisotopic (exact) mass is 347 g/mol. The van der Waals surface area contributed by atoms with Gasteiger partial charge in [0.15, 0.2) is 0 Å². The zero-order valence-corrected chi connectivity index (χ0v) is 15.0. The minimum absolute atomic E-state index is 0. The van der Waals surface area contributed by atoms with Gasteiger partial charge in [-0.05, 0) is 61.8 Å². The van der Waals surface area contributed by atoms with Gasteiger partial charge in [-0.25, -0.2) is 0 Å². The maximum Gasteiger partial charge on any atom is 0.141 e. The van der Waals surface area contributed by atoms with Crippen molar-refractivity contribution in [1.29, 1.82) is 0 Å². The maximum atomic E-state index is 6.42. The zero-order chi connectivity index (χ0) is 15.2. The van der Waals surface area contributed by atoms with Crippen molar-refractivity contribution in [3.8, 4) is 5.75 Å². The second kappa shape index (κ2) is 9.61. The summed E-state index contributed by atoms with van der Waals surface area (Å²) >= 11 is 6.42. The van der Waals surface area contributed by atoms with Crippen LogP contribution in [0, 0.1) is 5.92 Å². The molecule has 2 rings (SSSR count). The Morgan fingerprint density at radius 3 is 2.64 bits per heavy atom. The molecule has 1 aromatic rings. The summed E-state index contributed by atoms with van der Waals surface area (Å²) in [7, 11) is 0. The van der Waals surface area contributed by atoms with Gasteiger partial charge in [-0.2, -0.15) is 0 Å². The molecule has 1 aliphatic carbocycles. The zero-order valence-electron chi connectivity index (χ0n) is 13.4. The van der Waals surface area contributed by atoms with E-state index in [1.54, 1.807) is 0 Å². The third-order valence-corrected chi connectivity index (χ3v) is 4.10. The molecule has 1 fully saturated rings. The SMILES string of the molecule is CCOCc1cc(Cl)c(OCC2CC2)c(CC(N)CC)c1.Cl. The predicted octanol–water partition coefficient (Wildman–Crippen LogP) is 4.37. The Hall–Kier alpha value is -0.480. The molecule has 22 heavy (non-hydrogen) atoms. The van der Waals surface area contributed by atoms with Crippen molar-refractivity contribution in [2.45, 2.75) is 52.2 Å². The standard InChI is InChI=1S/C17H26ClNO2.ClH/c1-3-15(19)9-14-7-13(10-20-4-2)8-16(18)17(14)21-11-12-5-6-12;/h7-8,12,15H,3-6,9-11,19H2,1-2H3;1H. The van der Waals surface area contributed by atoms with Crippen LogP contribution in [-0.2, 0) is 17.8 Å². The lowest BCUT2D eigenvalue weighted by molar-refractivity contribution is 0.134. The van der Waals surface area contributed by atoms with Crippen LogP contribution in [0.3, 0.4) is 0 Å².